The molecule has 1 aliphatic carbocycles. The van der Waals surface area contributed by atoms with Crippen LogP contribution in [0.5, 0.6) is 0 Å². The second kappa shape index (κ2) is 1.32. The summed E-state index contributed by atoms with van der Waals surface area (Å²) in [6, 6.07) is 0. The van der Waals surface area contributed by atoms with Crippen molar-refractivity contribution in [3.05, 3.63) is 11.8 Å². The Labute approximate surface area is 54.1 Å². The average Bonchev–Trinajstić information content (AvgIpc) is 1.73. The molecule has 2 heterocycles. The van der Waals surface area contributed by atoms with Crippen molar-refractivity contribution in [2.45, 2.75) is 31.5 Å². The first-order valence-corrected chi connectivity index (χ1v) is 3.27. The zero-order valence-corrected chi connectivity index (χ0v) is 5.42. The van der Waals surface area contributed by atoms with Gasteiger partial charge >= 0.3 is 0 Å². The van der Waals surface area contributed by atoms with Gasteiger partial charge in [-0.25, -0.2) is 0 Å². The number of ether oxygens (including phenoxy) is 1. The van der Waals surface area contributed by atoms with E-state index >= 15 is 0 Å². The predicted molar refractivity (Wildman–Crippen MR) is 32.8 cm³/mol. The van der Waals surface area contributed by atoms with E-state index in [9.17, 15) is 5.11 Å². The number of rotatable bonds is 0. The van der Waals surface area contributed by atoms with E-state index in [1.165, 1.54) is 0 Å². The van der Waals surface area contributed by atoms with Gasteiger partial charge in [0.2, 0.25) is 0 Å². The number of hydrogen-bond donors (Lipinski definition) is 1. The van der Waals surface area contributed by atoms with Crippen LogP contribution in [-0.4, -0.2) is 16.8 Å². The van der Waals surface area contributed by atoms with Crippen molar-refractivity contribution in [1.82, 2.24) is 0 Å². The van der Waals surface area contributed by atoms with E-state index in [-0.39, 0.29) is 11.7 Å². The van der Waals surface area contributed by atoms with Gasteiger partial charge in [0.25, 0.3) is 0 Å². The van der Waals surface area contributed by atoms with Crippen LogP contribution >= 0.6 is 0 Å². The van der Waals surface area contributed by atoms with E-state index in [1.54, 1.807) is 0 Å². The first-order chi connectivity index (χ1) is 4.21. The first kappa shape index (κ1) is 5.30. The van der Waals surface area contributed by atoms with Crippen LogP contribution < -0.4 is 0 Å². The summed E-state index contributed by atoms with van der Waals surface area (Å²) >= 11 is 0. The highest BCUT2D eigenvalue weighted by Gasteiger charge is 2.47. The summed E-state index contributed by atoms with van der Waals surface area (Å²) in [4.78, 5) is 0. The Kier molecular flexibility index (Phi) is 0.776. The Hall–Kier alpha value is -0.500. The third-order valence-electron chi connectivity index (χ3n) is 2.16. The molecule has 0 amide bonds. The number of aliphatic hydroxyl groups excluding tert-OH is 1. The molecule has 0 spiro atoms. The summed E-state index contributed by atoms with van der Waals surface area (Å²) in [6.45, 7) is 1.95. The summed E-state index contributed by atoms with van der Waals surface area (Å²) in [7, 11) is 0. The molecule has 1 fully saturated rings. The Morgan fingerprint density at radius 3 is 2.89 bits per heavy atom. The molecule has 2 unspecified atom stereocenters. The molecule has 0 radical (unpaired) electrons. The molecule has 2 nitrogen and oxygen atoms in total. The Morgan fingerprint density at radius 1 is 1.89 bits per heavy atom. The van der Waals surface area contributed by atoms with E-state index in [4.69, 9.17) is 4.74 Å². The highest BCUT2D eigenvalue weighted by atomic mass is 16.5. The number of fused-ring (bicyclic) bond motifs is 2. The maximum atomic E-state index is 9.31. The van der Waals surface area contributed by atoms with Crippen LogP contribution in [-0.2, 0) is 4.74 Å². The molecule has 2 aliphatic heterocycles. The Morgan fingerprint density at radius 2 is 2.56 bits per heavy atom. The maximum absolute atomic E-state index is 9.31. The van der Waals surface area contributed by atoms with Crippen LogP contribution in [0.4, 0.5) is 0 Å². The standard InChI is InChI=1S/C7H10O2/c1-7-4-5(9-7)2-3-6(7)8/h2,6,8H,3-4H2,1H3. The molecule has 2 atom stereocenters. The van der Waals surface area contributed by atoms with Crippen molar-refractivity contribution < 1.29 is 9.84 Å². The largest absolute Gasteiger partial charge is 0.489 e. The zero-order valence-electron chi connectivity index (χ0n) is 5.42. The normalized spacial score (nSPS) is 46.9. The highest BCUT2D eigenvalue weighted by molar-refractivity contribution is 5.18. The molecule has 50 valence electrons. The lowest BCUT2D eigenvalue weighted by molar-refractivity contribution is -0.159. The smallest absolute Gasteiger partial charge is 0.139 e. The molecule has 0 aromatic heterocycles. The monoisotopic (exact) mass is 126 g/mol. The van der Waals surface area contributed by atoms with Gasteiger partial charge in [0.15, 0.2) is 0 Å². The van der Waals surface area contributed by atoms with Crippen LogP contribution in [0, 0.1) is 0 Å². The van der Waals surface area contributed by atoms with Gasteiger partial charge in [-0.2, -0.15) is 0 Å². The molecule has 0 aromatic rings. The molecule has 0 aromatic carbocycles. The van der Waals surface area contributed by atoms with Crippen molar-refractivity contribution in [2.24, 2.45) is 0 Å². The fourth-order valence-electron chi connectivity index (χ4n) is 1.43. The molecule has 1 N–H and O–H groups in total. The van der Waals surface area contributed by atoms with E-state index in [0.717, 1.165) is 18.6 Å². The molecule has 1 saturated heterocycles. The zero-order chi connectivity index (χ0) is 6.48. The van der Waals surface area contributed by atoms with Crippen molar-refractivity contribution in [1.29, 1.82) is 0 Å². The lowest BCUT2D eigenvalue weighted by atomic mass is 9.82. The summed E-state index contributed by atoms with van der Waals surface area (Å²) in [6.07, 6.45) is 3.38. The Bertz CT molecular complexity index is 164. The molecular weight excluding hydrogens is 116 g/mol. The topological polar surface area (TPSA) is 29.5 Å². The SMILES string of the molecule is CC12CC(=CCC1O)O2. The van der Waals surface area contributed by atoms with Gasteiger partial charge < -0.3 is 9.84 Å². The van der Waals surface area contributed by atoms with Gasteiger partial charge in [-0.1, -0.05) is 0 Å². The maximum Gasteiger partial charge on any atom is 0.139 e. The van der Waals surface area contributed by atoms with Gasteiger partial charge in [0.1, 0.15) is 5.60 Å². The van der Waals surface area contributed by atoms with Gasteiger partial charge in [0, 0.05) is 6.42 Å². The Balaban J connectivity index is 2.27. The molecule has 2 heteroatoms. The van der Waals surface area contributed by atoms with Crippen LogP contribution in [0.1, 0.15) is 19.8 Å². The van der Waals surface area contributed by atoms with Crippen LogP contribution in [0.25, 0.3) is 0 Å². The van der Waals surface area contributed by atoms with Crippen LogP contribution in [0.2, 0.25) is 0 Å². The van der Waals surface area contributed by atoms with E-state index in [0.29, 0.717) is 0 Å². The molecular formula is C7H10O2. The molecule has 2 bridgehead atoms. The quantitative estimate of drug-likeness (QED) is 0.520. The second-order valence-electron chi connectivity index (χ2n) is 3.01. The molecule has 0 saturated carbocycles. The van der Waals surface area contributed by atoms with Crippen molar-refractivity contribution >= 4 is 0 Å². The van der Waals surface area contributed by atoms with E-state index in [2.05, 4.69) is 0 Å². The summed E-state index contributed by atoms with van der Waals surface area (Å²) < 4.78 is 5.29. The van der Waals surface area contributed by atoms with E-state index in [1.807, 2.05) is 13.0 Å². The number of aliphatic hydroxyl groups is 1. The third kappa shape index (κ3) is 0.540. The minimum absolute atomic E-state index is 0.232. The molecule has 9 heavy (non-hydrogen) atoms. The third-order valence-corrected chi connectivity index (χ3v) is 2.16. The van der Waals surface area contributed by atoms with Crippen LogP contribution in [0.15, 0.2) is 11.8 Å². The summed E-state index contributed by atoms with van der Waals surface area (Å²) in [5, 5.41) is 9.31. The number of hydrogen-bond acceptors (Lipinski definition) is 2. The van der Waals surface area contributed by atoms with Crippen molar-refractivity contribution in [3.8, 4) is 0 Å². The predicted octanol–water partition coefficient (Wildman–Crippen LogP) is 0.814. The average molecular weight is 126 g/mol. The molecule has 3 rings (SSSR count). The summed E-state index contributed by atoms with van der Waals surface area (Å²) in [5.41, 5.74) is -0.232. The van der Waals surface area contributed by atoms with Crippen molar-refractivity contribution in [3.63, 3.8) is 0 Å². The molecule has 3 aliphatic rings. The second-order valence-corrected chi connectivity index (χ2v) is 3.01. The lowest BCUT2D eigenvalue weighted by Gasteiger charge is -2.48. The van der Waals surface area contributed by atoms with Gasteiger partial charge in [-0.05, 0) is 19.4 Å². The fourth-order valence-corrected chi connectivity index (χ4v) is 1.43. The highest BCUT2D eigenvalue weighted by Crippen LogP contribution is 2.43. The van der Waals surface area contributed by atoms with E-state index < -0.39 is 0 Å². The minimum Gasteiger partial charge on any atom is -0.489 e. The van der Waals surface area contributed by atoms with Crippen LogP contribution in [0.3, 0.4) is 0 Å². The van der Waals surface area contributed by atoms with Gasteiger partial charge in [0.05, 0.1) is 11.9 Å². The first-order valence-electron chi connectivity index (χ1n) is 3.27. The summed E-state index contributed by atoms with van der Waals surface area (Å²) in [5.74, 6) is 1.06. The van der Waals surface area contributed by atoms with Gasteiger partial charge in [-0.3, -0.25) is 0 Å². The fraction of sp³-hybridized carbons (Fsp3) is 0.714. The van der Waals surface area contributed by atoms with Gasteiger partial charge in [-0.15, -0.1) is 0 Å². The van der Waals surface area contributed by atoms with Crippen molar-refractivity contribution in [2.75, 3.05) is 0 Å². The lowest BCUT2D eigenvalue weighted by Crippen LogP contribution is -2.52. The minimum atomic E-state index is -0.282.